The van der Waals surface area contributed by atoms with E-state index in [-0.39, 0.29) is 29.5 Å². The molecule has 94 valence electrons. The molecule has 1 heterocycles. The van der Waals surface area contributed by atoms with E-state index in [4.69, 9.17) is 15.2 Å². The van der Waals surface area contributed by atoms with Gasteiger partial charge in [-0.1, -0.05) is 6.07 Å². The van der Waals surface area contributed by atoms with Crippen molar-refractivity contribution in [2.75, 3.05) is 12.8 Å². The number of aryl methyl sites for hydroxylation is 1. The minimum Gasteiger partial charge on any atom is -0.467 e. The van der Waals surface area contributed by atoms with Gasteiger partial charge in [-0.25, -0.2) is 4.39 Å². The summed E-state index contributed by atoms with van der Waals surface area (Å²) in [5, 5.41) is 0. The molecule has 0 spiro atoms. The fourth-order valence-corrected chi connectivity index (χ4v) is 1.23. The number of rotatable bonds is 3. The Hall–Kier alpha value is -2.44. The molecule has 18 heavy (non-hydrogen) atoms. The predicted molar refractivity (Wildman–Crippen MR) is 62.0 cm³/mol. The van der Waals surface area contributed by atoms with Gasteiger partial charge in [-0.15, -0.1) is 4.98 Å². The van der Waals surface area contributed by atoms with Crippen molar-refractivity contribution in [2.45, 2.75) is 6.92 Å². The molecule has 2 aromatic rings. The van der Waals surface area contributed by atoms with Crippen molar-refractivity contribution < 1.29 is 13.9 Å². The van der Waals surface area contributed by atoms with Crippen LogP contribution in [0.15, 0.2) is 18.2 Å². The Balaban J connectivity index is 2.27. The third kappa shape index (κ3) is 2.62. The molecule has 0 bridgehead atoms. The number of ether oxygens (including phenoxy) is 2. The smallest absolute Gasteiger partial charge is 0.330 e. The number of nitrogens with two attached hydrogens (primary N) is 1. The van der Waals surface area contributed by atoms with E-state index < -0.39 is 0 Å². The number of hydrogen-bond acceptors (Lipinski definition) is 6. The summed E-state index contributed by atoms with van der Waals surface area (Å²) in [7, 11) is 1.39. The Morgan fingerprint density at radius 1 is 1.17 bits per heavy atom. The Bertz CT molecular complexity index is 577. The van der Waals surface area contributed by atoms with Crippen molar-refractivity contribution in [1.82, 2.24) is 15.0 Å². The van der Waals surface area contributed by atoms with E-state index in [1.807, 2.05) is 0 Å². The third-order valence-corrected chi connectivity index (χ3v) is 2.15. The maximum atomic E-state index is 13.3. The number of halogens is 1. The first-order valence-corrected chi connectivity index (χ1v) is 5.08. The highest BCUT2D eigenvalue weighted by molar-refractivity contribution is 5.31. The molecular weight excluding hydrogens is 239 g/mol. The minimum absolute atomic E-state index is 0.0325. The minimum atomic E-state index is -0.374. The van der Waals surface area contributed by atoms with Crippen LogP contribution in [0.25, 0.3) is 0 Å². The number of anilines is 1. The van der Waals surface area contributed by atoms with E-state index in [0.29, 0.717) is 5.56 Å². The van der Waals surface area contributed by atoms with Crippen LogP contribution in [0.2, 0.25) is 0 Å². The van der Waals surface area contributed by atoms with E-state index >= 15 is 0 Å². The van der Waals surface area contributed by atoms with Crippen molar-refractivity contribution >= 4 is 5.95 Å². The van der Waals surface area contributed by atoms with E-state index in [1.165, 1.54) is 13.2 Å². The summed E-state index contributed by atoms with van der Waals surface area (Å²) in [4.78, 5) is 11.3. The molecule has 0 atom stereocenters. The van der Waals surface area contributed by atoms with Gasteiger partial charge in [-0.05, 0) is 18.6 Å². The molecule has 0 aliphatic carbocycles. The Morgan fingerprint density at radius 3 is 2.56 bits per heavy atom. The van der Waals surface area contributed by atoms with Gasteiger partial charge in [0.05, 0.1) is 7.11 Å². The van der Waals surface area contributed by atoms with Crippen LogP contribution in [0.3, 0.4) is 0 Å². The highest BCUT2D eigenvalue weighted by Crippen LogP contribution is 2.21. The Kier molecular flexibility index (Phi) is 3.22. The molecular formula is C11H11FN4O2. The topological polar surface area (TPSA) is 83.2 Å². The van der Waals surface area contributed by atoms with Crippen LogP contribution < -0.4 is 15.2 Å². The van der Waals surface area contributed by atoms with Gasteiger partial charge in [-0.3, -0.25) is 0 Å². The summed E-state index contributed by atoms with van der Waals surface area (Å²) in [5.74, 6) is -0.142. The van der Waals surface area contributed by atoms with Gasteiger partial charge in [-0.2, -0.15) is 9.97 Å². The molecule has 2 N–H and O–H groups in total. The first-order chi connectivity index (χ1) is 8.58. The lowest BCUT2D eigenvalue weighted by Crippen LogP contribution is -2.03. The number of nitrogens with zero attached hydrogens (tertiary/aromatic N) is 3. The van der Waals surface area contributed by atoms with Crippen LogP contribution in [-0.2, 0) is 0 Å². The number of aromatic nitrogens is 3. The summed E-state index contributed by atoms with van der Waals surface area (Å²) in [6.07, 6.45) is 0. The van der Waals surface area contributed by atoms with Crippen LogP contribution in [0.5, 0.6) is 17.8 Å². The molecule has 7 heteroatoms. The summed E-state index contributed by atoms with van der Waals surface area (Å²) in [5.41, 5.74) is 5.97. The molecule has 0 unspecified atom stereocenters. The van der Waals surface area contributed by atoms with Crippen LogP contribution in [0.1, 0.15) is 5.56 Å². The van der Waals surface area contributed by atoms with Gasteiger partial charge in [0.1, 0.15) is 11.6 Å². The Labute approximate surface area is 103 Å². The quantitative estimate of drug-likeness (QED) is 0.892. The van der Waals surface area contributed by atoms with E-state index in [9.17, 15) is 4.39 Å². The van der Waals surface area contributed by atoms with Gasteiger partial charge < -0.3 is 15.2 Å². The van der Waals surface area contributed by atoms with Crippen molar-refractivity contribution in [3.05, 3.63) is 29.6 Å². The standard InChI is InChI=1S/C11H11FN4O2/c1-6-3-4-7(5-8(6)12)18-11-15-9(13)14-10(16-11)17-2/h3-5H,1-2H3,(H2,13,14,15,16). The number of hydrogen-bond donors (Lipinski definition) is 1. The van der Waals surface area contributed by atoms with Crippen molar-refractivity contribution in [3.63, 3.8) is 0 Å². The zero-order valence-corrected chi connectivity index (χ0v) is 9.85. The maximum Gasteiger partial charge on any atom is 0.330 e. The van der Waals surface area contributed by atoms with E-state index in [1.54, 1.807) is 19.1 Å². The summed E-state index contributed by atoms with van der Waals surface area (Å²) in [6.45, 7) is 1.66. The highest BCUT2D eigenvalue weighted by Gasteiger charge is 2.08. The summed E-state index contributed by atoms with van der Waals surface area (Å²) < 4.78 is 23.4. The largest absolute Gasteiger partial charge is 0.467 e. The van der Waals surface area contributed by atoms with Crippen LogP contribution >= 0.6 is 0 Å². The first kappa shape index (κ1) is 12.0. The van der Waals surface area contributed by atoms with Gasteiger partial charge in [0.25, 0.3) is 0 Å². The second-order valence-electron chi connectivity index (χ2n) is 3.48. The fourth-order valence-electron chi connectivity index (χ4n) is 1.23. The van der Waals surface area contributed by atoms with Crippen molar-refractivity contribution in [2.24, 2.45) is 0 Å². The Morgan fingerprint density at radius 2 is 1.89 bits per heavy atom. The number of nitrogen functional groups attached to an aromatic ring is 1. The molecule has 1 aromatic heterocycles. The average Bonchev–Trinajstić information content (AvgIpc) is 2.33. The van der Waals surface area contributed by atoms with Crippen LogP contribution in [-0.4, -0.2) is 22.1 Å². The predicted octanol–water partition coefficient (Wildman–Crippen LogP) is 1.70. The SMILES string of the molecule is COc1nc(N)nc(Oc2ccc(C)c(F)c2)n1. The lowest BCUT2D eigenvalue weighted by molar-refractivity contribution is 0.360. The zero-order valence-electron chi connectivity index (χ0n) is 9.85. The van der Waals surface area contributed by atoms with Gasteiger partial charge in [0.15, 0.2) is 0 Å². The van der Waals surface area contributed by atoms with Crippen molar-refractivity contribution in [3.8, 4) is 17.8 Å². The highest BCUT2D eigenvalue weighted by atomic mass is 19.1. The van der Waals surface area contributed by atoms with Gasteiger partial charge in [0, 0.05) is 6.07 Å². The second kappa shape index (κ2) is 4.82. The molecule has 0 aliphatic heterocycles. The molecule has 0 saturated carbocycles. The first-order valence-electron chi connectivity index (χ1n) is 5.08. The monoisotopic (exact) mass is 250 g/mol. The number of methoxy groups -OCH3 is 1. The summed E-state index contributed by atoms with van der Waals surface area (Å²) in [6, 6.07) is 4.41. The lowest BCUT2D eigenvalue weighted by Gasteiger charge is -2.06. The summed E-state index contributed by atoms with van der Waals surface area (Å²) >= 11 is 0. The van der Waals surface area contributed by atoms with Crippen molar-refractivity contribution in [1.29, 1.82) is 0 Å². The molecule has 0 saturated heterocycles. The van der Waals surface area contributed by atoms with Crippen LogP contribution in [0.4, 0.5) is 10.3 Å². The third-order valence-electron chi connectivity index (χ3n) is 2.15. The van der Waals surface area contributed by atoms with Gasteiger partial charge in [0.2, 0.25) is 5.95 Å². The maximum absolute atomic E-state index is 13.3. The lowest BCUT2D eigenvalue weighted by atomic mass is 10.2. The van der Waals surface area contributed by atoms with E-state index in [0.717, 1.165) is 0 Å². The van der Waals surface area contributed by atoms with Gasteiger partial charge >= 0.3 is 12.0 Å². The molecule has 2 rings (SSSR count). The molecule has 0 fully saturated rings. The molecule has 6 nitrogen and oxygen atoms in total. The fraction of sp³-hybridized carbons (Fsp3) is 0.182. The molecule has 0 radical (unpaired) electrons. The average molecular weight is 250 g/mol. The zero-order chi connectivity index (χ0) is 13.1. The molecule has 0 amide bonds. The number of benzene rings is 1. The van der Waals surface area contributed by atoms with E-state index in [2.05, 4.69) is 15.0 Å². The van der Waals surface area contributed by atoms with Crippen LogP contribution in [0, 0.1) is 12.7 Å². The second-order valence-corrected chi connectivity index (χ2v) is 3.48. The molecule has 0 aliphatic rings. The normalized spacial score (nSPS) is 10.2. The molecule has 1 aromatic carbocycles.